The molecule has 0 unspecified atom stereocenters. The molecule has 1 fully saturated rings. The molecule has 0 saturated heterocycles. The van der Waals surface area contributed by atoms with E-state index >= 15 is 0 Å². The molecular formula is C16H25NO3S. The van der Waals surface area contributed by atoms with Crippen LogP contribution >= 0.6 is 11.8 Å². The first-order valence-electron chi connectivity index (χ1n) is 7.41. The van der Waals surface area contributed by atoms with Gasteiger partial charge >= 0.3 is 0 Å². The van der Waals surface area contributed by atoms with Crippen molar-refractivity contribution in [2.45, 2.75) is 39.0 Å². The molecule has 5 heteroatoms. The van der Waals surface area contributed by atoms with Gasteiger partial charge in [-0.3, -0.25) is 19.9 Å². The number of hydroxylamine groups is 1. The monoisotopic (exact) mass is 311 g/mol. The lowest BCUT2D eigenvalue weighted by Gasteiger charge is -2.24. The molecule has 21 heavy (non-hydrogen) atoms. The number of hydrogen-bond donors (Lipinski definition) is 1. The summed E-state index contributed by atoms with van der Waals surface area (Å²) < 4.78 is 0. The Labute approximate surface area is 131 Å². The first kappa shape index (κ1) is 18.0. The number of ketones is 2. The molecule has 1 rings (SSSR count). The second-order valence-corrected chi connectivity index (χ2v) is 6.19. The number of hydrogen-bond acceptors (Lipinski definition) is 5. The molecule has 0 radical (unpaired) electrons. The Hall–Kier alpha value is -1.07. The fourth-order valence-corrected chi connectivity index (χ4v) is 3.02. The molecular weight excluding hydrogens is 286 g/mol. The van der Waals surface area contributed by atoms with Gasteiger partial charge in [0, 0.05) is 12.8 Å². The fourth-order valence-electron chi connectivity index (χ4n) is 2.45. The van der Waals surface area contributed by atoms with Gasteiger partial charge in [0.1, 0.15) is 0 Å². The van der Waals surface area contributed by atoms with Crippen molar-refractivity contribution in [1.82, 2.24) is 5.48 Å². The standard InChI is InChI=1S/C16H25NO3S/c1-4-6-13(17-20-8-5-2)16-14(18)10-12(7-9-21-3)11-15(16)19/h5,12,17H,2,4,6-11H2,1,3H3. The summed E-state index contributed by atoms with van der Waals surface area (Å²) in [7, 11) is 0. The zero-order valence-electron chi connectivity index (χ0n) is 12.9. The summed E-state index contributed by atoms with van der Waals surface area (Å²) in [5.74, 6) is 1.09. The Bertz CT molecular complexity index is 398. The van der Waals surface area contributed by atoms with E-state index in [2.05, 4.69) is 12.1 Å². The van der Waals surface area contributed by atoms with E-state index in [0.29, 0.717) is 37.1 Å². The number of rotatable bonds is 9. The van der Waals surface area contributed by atoms with Gasteiger partial charge in [-0.25, -0.2) is 0 Å². The summed E-state index contributed by atoms with van der Waals surface area (Å²) in [6.07, 6.45) is 7.01. The third kappa shape index (κ3) is 5.67. The van der Waals surface area contributed by atoms with E-state index in [0.717, 1.165) is 18.6 Å². The van der Waals surface area contributed by atoms with Crippen LogP contribution in [0.4, 0.5) is 0 Å². The number of carbonyl (C=O) groups is 2. The Morgan fingerprint density at radius 2 is 2.10 bits per heavy atom. The van der Waals surface area contributed by atoms with Gasteiger partial charge in [0.2, 0.25) is 0 Å². The third-order valence-electron chi connectivity index (χ3n) is 3.43. The van der Waals surface area contributed by atoms with Crippen molar-refractivity contribution in [2.75, 3.05) is 18.6 Å². The molecule has 1 saturated carbocycles. The summed E-state index contributed by atoms with van der Waals surface area (Å²) in [6, 6.07) is 0. The Morgan fingerprint density at radius 3 is 2.62 bits per heavy atom. The molecule has 1 aliphatic carbocycles. The van der Waals surface area contributed by atoms with Crippen molar-refractivity contribution in [3.63, 3.8) is 0 Å². The van der Waals surface area contributed by atoms with Gasteiger partial charge in [-0.1, -0.05) is 19.4 Å². The van der Waals surface area contributed by atoms with Gasteiger partial charge in [0.15, 0.2) is 11.6 Å². The maximum Gasteiger partial charge on any atom is 0.168 e. The average Bonchev–Trinajstić information content (AvgIpc) is 2.44. The highest BCUT2D eigenvalue weighted by Crippen LogP contribution is 2.28. The quantitative estimate of drug-likeness (QED) is 0.233. The SMILES string of the molecule is C=CCONC(CCC)=C1C(=O)CC(CCSC)CC1=O. The molecule has 0 aliphatic heterocycles. The molecule has 118 valence electrons. The van der Waals surface area contributed by atoms with Gasteiger partial charge in [0.25, 0.3) is 0 Å². The van der Waals surface area contributed by atoms with Crippen LogP contribution in [0.1, 0.15) is 39.0 Å². The van der Waals surface area contributed by atoms with E-state index < -0.39 is 0 Å². The largest absolute Gasteiger partial charge is 0.294 e. The molecule has 0 heterocycles. The van der Waals surface area contributed by atoms with Crippen LogP contribution in [0.2, 0.25) is 0 Å². The molecule has 1 N–H and O–H groups in total. The first-order chi connectivity index (χ1) is 10.1. The topological polar surface area (TPSA) is 55.4 Å². The predicted molar refractivity (Wildman–Crippen MR) is 87.0 cm³/mol. The van der Waals surface area contributed by atoms with Crippen LogP contribution in [0.15, 0.2) is 23.9 Å². The number of Topliss-reactive ketones (excluding diaryl/α,β-unsaturated/α-hetero) is 2. The predicted octanol–water partition coefficient (Wildman–Crippen LogP) is 3.05. The van der Waals surface area contributed by atoms with E-state index in [9.17, 15) is 9.59 Å². The molecule has 1 aliphatic rings. The zero-order chi connectivity index (χ0) is 15.7. The zero-order valence-corrected chi connectivity index (χ0v) is 13.8. The van der Waals surface area contributed by atoms with Gasteiger partial charge in [-0.2, -0.15) is 11.8 Å². The van der Waals surface area contributed by atoms with Crippen molar-refractivity contribution >= 4 is 23.3 Å². The summed E-state index contributed by atoms with van der Waals surface area (Å²) in [5, 5.41) is 0. The highest BCUT2D eigenvalue weighted by atomic mass is 32.2. The van der Waals surface area contributed by atoms with Gasteiger partial charge in [-0.15, -0.1) is 6.58 Å². The summed E-state index contributed by atoms with van der Waals surface area (Å²) >= 11 is 1.75. The van der Waals surface area contributed by atoms with Gasteiger partial charge < -0.3 is 0 Å². The molecule has 0 aromatic heterocycles. The smallest absolute Gasteiger partial charge is 0.168 e. The average molecular weight is 311 g/mol. The molecule has 0 spiro atoms. The van der Waals surface area contributed by atoms with E-state index in [1.54, 1.807) is 17.8 Å². The number of allylic oxidation sites excluding steroid dienone is 2. The van der Waals surface area contributed by atoms with E-state index in [1.807, 2.05) is 13.2 Å². The summed E-state index contributed by atoms with van der Waals surface area (Å²) in [5.41, 5.74) is 3.72. The normalized spacial score (nSPS) is 18.8. The molecule has 0 bridgehead atoms. The molecule has 0 aromatic carbocycles. The number of thioether (sulfide) groups is 1. The Kier molecular flexibility index (Phi) is 8.38. The van der Waals surface area contributed by atoms with E-state index in [4.69, 9.17) is 4.84 Å². The van der Waals surface area contributed by atoms with Crippen molar-refractivity contribution in [3.8, 4) is 0 Å². The lowest BCUT2D eigenvalue weighted by molar-refractivity contribution is -0.125. The van der Waals surface area contributed by atoms with Crippen molar-refractivity contribution < 1.29 is 14.4 Å². The van der Waals surface area contributed by atoms with Gasteiger partial charge in [0.05, 0.1) is 17.9 Å². The first-order valence-corrected chi connectivity index (χ1v) is 8.80. The van der Waals surface area contributed by atoms with Crippen molar-refractivity contribution in [3.05, 3.63) is 23.9 Å². The lowest BCUT2D eigenvalue weighted by Crippen LogP contribution is -2.30. The van der Waals surface area contributed by atoms with Crippen LogP contribution in [0.5, 0.6) is 0 Å². The van der Waals surface area contributed by atoms with Crippen molar-refractivity contribution in [2.24, 2.45) is 5.92 Å². The summed E-state index contributed by atoms with van der Waals surface area (Å²) in [4.78, 5) is 29.9. The number of nitrogens with one attached hydrogen (secondary N) is 1. The third-order valence-corrected chi connectivity index (χ3v) is 4.08. The number of carbonyl (C=O) groups excluding carboxylic acids is 2. The van der Waals surface area contributed by atoms with Crippen LogP contribution in [-0.2, 0) is 14.4 Å². The Balaban J connectivity index is 2.81. The van der Waals surface area contributed by atoms with Crippen LogP contribution < -0.4 is 5.48 Å². The molecule has 0 atom stereocenters. The second kappa shape index (κ2) is 9.79. The van der Waals surface area contributed by atoms with E-state index in [-0.39, 0.29) is 17.5 Å². The van der Waals surface area contributed by atoms with Crippen LogP contribution in [0.25, 0.3) is 0 Å². The summed E-state index contributed by atoms with van der Waals surface area (Å²) in [6.45, 7) is 5.91. The molecule has 0 aromatic rings. The minimum absolute atomic E-state index is 0.0458. The van der Waals surface area contributed by atoms with Crippen LogP contribution in [0.3, 0.4) is 0 Å². The van der Waals surface area contributed by atoms with Crippen LogP contribution in [-0.4, -0.2) is 30.2 Å². The highest BCUT2D eigenvalue weighted by Gasteiger charge is 2.32. The minimum Gasteiger partial charge on any atom is -0.294 e. The lowest BCUT2D eigenvalue weighted by atomic mass is 9.81. The maximum absolute atomic E-state index is 12.3. The van der Waals surface area contributed by atoms with E-state index in [1.165, 1.54) is 0 Å². The molecule has 0 amide bonds. The minimum atomic E-state index is -0.0458. The van der Waals surface area contributed by atoms with Crippen molar-refractivity contribution in [1.29, 1.82) is 0 Å². The fraction of sp³-hybridized carbons (Fsp3) is 0.625. The molecule has 4 nitrogen and oxygen atoms in total. The van der Waals surface area contributed by atoms with Gasteiger partial charge in [-0.05, 0) is 30.8 Å². The maximum atomic E-state index is 12.3. The Morgan fingerprint density at radius 1 is 1.43 bits per heavy atom. The van der Waals surface area contributed by atoms with Crippen LogP contribution in [0, 0.1) is 5.92 Å². The second-order valence-electron chi connectivity index (χ2n) is 5.21. The highest BCUT2D eigenvalue weighted by molar-refractivity contribution is 7.98.